The molecule has 0 bridgehead atoms. The highest BCUT2D eigenvalue weighted by Crippen LogP contribution is 2.14. The molecule has 0 fully saturated rings. The molecule has 0 aliphatic rings. The number of unbranched alkanes of at least 4 members (excludes halogenated alkanes) is 1. The lowest BCUT2D eigenvalue weighted by molar-refractivity contribution is 0.520. The summed E-state index contributed by atoms with van der Waals surface area (Å²) in [6.45, 7) is 6.67. The third kappa shape index (κ3) is 3.88. The zero-order valence-corrected chi connectivity index (χ0v) is 11.5. The van der Waals surface area contributed by atoms with Crippen molar-refractivity contribution in [1.29, 1.82) is 0 Å². The highest BCUT2D eigenvalue weighted by molar-refractivity contribution is 5.79. The van der Waals surface area contributed by atoms with Crippen LogP contribution in [-0.4, -0.2) is 11.5 Å². The number of fused-ring (bicyclic) bond motifs is 1. The Hall–Kier alpha value is -1.28. The van der Waals surface area contributed by atoms with Gasteiger partial charge >= 0.3 is 0 Å². The molecule has 1 heterocycles. The molecule has 2 N–H and O–H groups in total. The molecule has 0 saturated carbocycles. The lowest BCUT2D eigenvalue weighted by Crippen LogP contribution is -2.14. The number of nitrogens with one attached hydrogen (secondary N) is 2. The minimum atomic E-state index is 0.834. The smallest absolute Gasteiger partial charge is 0.0457 e. The molecule has 1 aromatic heterocycles. The zero-order valence-electron chi connectivity index (χ0n) is 11.5. The summed E-state index contributed by atoms with van der Waals surface area (Å²) >= 11 is 0. The third-order valence-electron chi connectivity index (χ3n) is 3.33. The fourth-order valence-electron chi connectivity index (χ4n) is 2.24. The number of hydrogen-bond donors (Lipinski definition) is 2. The lowest BCUT2D eigenvalue weighted by Gasteiger charge is -2.06. The van der Waals surface area contributed by atoms with Crippen LogP contribution in [0.1, 0.15) is 38.7 Å². The standard InChI is InChI=1S/C16H24N2/c1-13(2)5-3-4-9-17-12-14-6-7-15-8-10-18-16(15)11-14/h6-8,10-11,13,17-18H,3-5,9,12H2,1-2H3. The Morgan fingerprint density at radius 2 is 2.06 bits per heavy atom. The first-order valence-corrected chi connectivity index (χ1v) is 7.02. The van der Waals surface area contributed by atoms with Crippen molar-refractivity contribution in [2.75, 3.05) is 6.54 Å². The average molecular weight is 244 g/mol. The van der Waals surface area contributed by atoms with Crippen LogP contribution in [0, 0.1) is 5.92 Å². The summed E-state index contributed by atoms with van der Waals surface area (Å²) in [6, 6.07) is 8.73. The molecule has 2 nitrogen and oxygen atoms in total. The van der Waals surface area contributed by atoms with E-state index < -0.39 is 0 Å². The van der Waals surface area contributed by atoms with Crippen LogP contribution in [0.3, 0.4) is 0 Å². The summed E-state index contributed by atoms with van der Waals surface area (Å²) in [5.41, 5.74) is 2.59. The van der Waals surface area contributed by atoms with E-state index in [1.165, 1.54) is 35.7 Å². The van der Waals surface area contributed by atoms with Crippen molar-refractivity contribution in [3.8, 4) is 0 Å². The summed E-state index contributed by atoms with van der Waals surface area (Å²) < 4.78 is 0. The molecule has 18 heavy (non-hydrogen) atoms. The Bertz CT molecular complexity index is 471. The molecule has 1 aromatic carbocycles. The molecule has 0 atom stereocenters. The fraction of sp³-hybridized carbons (Fsp3) is 0.500. The number of rotatable bonds is 7. The van der Waals surface area contributed by atoms with E-state index in [1.54, 1.807) is 0 Å². The first-order chi connectivity index (χ1) is 8.75. The predicted molar refractivity (Wildman–Crippen MR) is 78.7 cm³/mol. The predicted octanol–water partition coefficient (Wildman–Crippen LogP) is 4.08. The van der Waals surface area contributed by atoms with E-state index in [0.29, 0.717) is 0 Å². The molecule has 2 aromatic rings. The van der Waals surface area contributed by atoms with Gasteiger partial charge in [-0.1, -0.05) is 38.8 Å². The molecule has 0 amide bonds. The van der Waals surface area contributed by atoms with E-state index in [-0.39, 0.29) is 0 Å². The molecule has 0 aliphatic heterocycles. The van der Waals surface area contributed by atoms with Gasteiger partial charge in [-0.3, -0.25) is 0 Å². The highest BCUT2D eigenvalue weighted by atomic mass is 14.8. The second-order valence-electron chi connectivity index (χ2n) is 5.47. The van der Waals surface area contributed by atoms with Gasteiger partial charge in [0.05, 0.1) is 0 Å². The van der Waals surface area contributed by atoms with Gasteiger partial charge < -0.3 is 10.3 Å². The number of aromatic nitrogens is 1. The second-order valence-corrected chi connectivity index (χ2v) is 5.47. The topological polar surface area (TPSA) is 27.8 Å². The van der Waals surface area contributed by atoms with Crippen LogP contribution < -0.4 is 5.32 Å². The van der Waals surface area contributed by atoms with Gasteiger partial charge in [-0.15, -0.1) is 0 Å². The van der Waals surface area contributed by atoms with Gasteiger partial charge in [-0.2, -0.15) is 0 Å². The van der Waals surface area contributed by atoms with Crippen LogP contribution in [0.25, 0.3) is 10.9 Å². The van der Waals surface area contributed by atoms with Gasteiger partial charge in [-0.25, -0.2) is 0 Å². The molecule has 0 saturated heterocycles. The lowest BCUT2D eigenvalue weighted by atomic mass is 10.1. The number of aromatic amines is 1. The summed E-state index contributed by atoms with van der Waals surface area (Å²) in [5.74, 6) is 0.834. The van der Waals surface area contributed by atoms with Crippen LogP contribution >= 0.6 is 0 Å². The van der Waals surface area contributed by atoms with Crippen molar-refractivity contribution in [2.24, 2.45) is 5.92 Å². The first-order valence-electron chi connectivity index (χ1n) is 7.02. The Balaban J connectivity index is 1.70. The normalized spacial score (nSPS) is 11.5. The maximum atomic E-state index is 3.52. The molecule has 2 heteroatoms. The van der Waals surface area contributed by atoms with E-state index in [9.17, 15) is 0 Å². The van der Waals surface area contributed by atoms with Crippen LogP contribution in [-0.2, 0) is 6.54 Å². The minimum Gasteiger partial charge on any atom is -0.361 e. The molecule has 0 aliphatic carbocycles. The monoisotopic (exact) mass is 244 g/mol. The summed E-state index contributed by atoms with van der Waals surface area (Å²) in [7, 11) is 0. The third-order valence-corrected chi connectivity index (χ3v) is 3.33. The van der Waals surface area contributed by atoms with Crippen molar-refractivity contribution in [1.82, 2.24) is 10.3 Å². The number of benzene rings is 1. The fourth-order valence-corrected chi connectivity index (χ4v) is 2.24. The van der Waals surface area contributed by atoms with Crippen molar-refractivity contribution < 1.29 is 0 Å². The van der Waals surface area contributed by atoms with E-state index >= 15 is 0 Å². The minimum absolute atomic E-state index is 0.834. The Kier molecular flexibility index (Phi) is 4.82. The largest absolute Gasteiger partial charge is 0.361 e. The van der Waals surface area contributed by atoms with Gasteiger partial charge in [0.15, 0.2) is 0 Å². The quantitative estimate of drug-likeness (QED) is 0.706. The van der Waals surface area contributed by atoms with Crippen LogP contribution in [0.2, 0.25) is 0 Å². The Labute approximate surface area is 110 Å². The van der Waals surface area contributed by atoms with Crippen molar-refractivity contribution in [2.45, 2.75) is 39.7 Å². The van der Waals surface area contributed by atoms with Gasteiger partial charge in [0.2, 0.25) is 0 Å². The van der Waals surface area contributed by atoms with Crippen LogP contribution in [0.5, 0.6) is 0 Å². The molecule has 0 spiro atoms. The van der Waals surface area contributed by atoms with Crippen molar-refractivity contribution >= 4 is 10.9 Å². The Morgan fingerprint density at radius 3 is 2.89 bits per heavy atom. The maximum Gasteiger partial charge on any atom is 0.0457 e. The van der Waals surface area contributed by atoms with Crippen LogP contribution in [0.15, 0.2) is 30.5 Å². The zero-order chi connectivity index (χ0) is 12.8. The number of H-pyrrole nitrogens is 1. The van der Waals surface area contributed by atoms with E-state index in [4.69, 9.17) is 0 Å². The maximum absolute atomic E-state index is 3.52. The number of hydrogen-bond acceptors (Lipinski definition) is 1. The molecule has 98 valence electrons. The van der Waals surface area contributed by atoms with Gasteiger partial charge in [-0.05, 0) is 42.0 Å². The van der Waals surface area contributed by atoms with E-state index in [1.807, 2.05) is 6.20 Å². The highest BCUT2D eigenvalue weighted by Gasteiger charge is 1.98. The first kappa shape index (κ1) is 13.2. The van der Waals surface area contributed by atoms with Crippen LogP contribution in [0.4, 0.5) is 0 Å². The van der Waals surface area contributed by atoms with Gasteiger partial charge in [0.1, 0.15) is 0 Å². The second kappa shape index (κ2) is 6.60. The SMILES string of the molecule is CC(C)CCCCNCc1ccc2cc[nH]c2c1. The summed E-state index contributed by atoms with van der Waals surface area (Å²) in [5, 5.41) is 4.81. The summed E-state index contributed by atoms with van der Waals surface area (Å²) in [4.78, 5) is 3.26. The molecule has 2 rings (SSSR count). The molecular weight excluding hydrogens is 220 g/mol. The summed E-state index contributed by atoms with van der Waals surface area (Å²) in [6.07, 6.45) is 5.95. The van der Waals surface area contributed by atoms with Crippen molar-refractivity contribution in [3.05, 3.63) is 36.0 Å². The van der Waals surface area contributed by atoms with Gasteiger partial charge in [0, 0.05) is 18.3 Å². The average Bonchev–Trinajstić information content (AvgIpc) is 2.80. The molecule has 0 radical (unpaired) electrons. The Morgan fingerprint density at radius 1 is 1.17 bits per heavy atom. The van der Waals surface area contributed by atoms with E-state index in [2.05, 4.69) is 48.4 Å². The van der Waals surface area contributed by atoms with Gasteiger partial charge in [0.25, 0.3) is 0 Å². The van der Waals surface area contributed by atoms with Crippen molar-refractivity contribution in [3.63, 3.8) is 0 Å². The van der Waals surface area contributed by atoms with E-state index in [0.717, 1.165) is 19.0 Å². The molecule has 0 unspecified atom stereocenters. The molecular formula is C16H24N2.